The molecule has 2 unspecified atom stereocenters. The van der Waals surface area contributed by atoms with Crippen LogP contribution in [0.25, 0.3) is 0 Å². The zero-order valence-electron chi connectivity index (χ0n) is 11.9. The molecule has 1 aliphatic rings. The third-order valence-corrected chi connectivity index (χ3v) is 4.09. The fourth-order valence-corrected chi connectivity index (χ4v) is 3.07. The number of hydrogen-bond acceptors (Lipinski definition) is 2. The van der Waals surface area contributed by atoms with Crippen molar-refractivity contribution in [3.05, 3.63) is 35.1 Å². The van der Waals surface area contributed by atoms with Crippen LogP contribution in [0.4, 0.5) is 13.2 Å². The van der Waals surface area contributed by atoms with Gasteiger partial charge in [0.25, 0.3) is 5.91 Å². The Kier molecular flexibility index (Phi) is 4.56. The highest BCUT2D eigenvalue weighted by Crippen LogP contribution is 2.32. The maximum atomic E-state index is 13.6. The Hall–Kier alpha value is -1.56. The van der Waals surface area contributed by atoms with Crippen LogP contribution in [0.2, 0.25) is 0 Å². The van der Waals surface area contributed by atoms with Gasteiger partial charge in [0.1, 0.15) is 23.0 Å². The first-order valence-electron chi connectivity index (χ1n) is 7.04. The Morgan fingerprint density at radius 3 is 2.52 bits per heavy atom. The summed E-state index contributed by atoms with van der Waals surface area (Å²) >= 11 is 0. The normalized spacial score (nSPS) is 25.7. The molecule has 0 aromatic heterocycles. The molecule has 3 nitrogen and oxygen atoms in total. The maximum absolute atomic E-state index is 13.6. The number of halogens is 3. The molecule has 0 saturated heterocycles. The number of hydrogen-bond donors (Lipinski definition) is 2. The Balaban J connectivity index is 2.24. The van der Waals surface area contributed by atoms with Gasteiger partial charge in [0, 0.05) is 18.7 Å². The summed E-state index contributed by atoms with van der Waals surface area (Å²) in [4.78, 5) is 12.2. The molecule has 0 aliphatic heterocycles. The average molecular weight is 300 g/mol. The topological polar surface area (TPSA) is 55.1 Å². The Labute approximate surface area is 121 Å². The standard InChI is InChI=1S/C15H19F3N2O/c1-9-3-2-4-15(7-9,8-19)20-14(21)13-11(17)5-10(16)6-12(13)18/h5-6,9H,2-4,7-8,19H2,1H3,(H,20,21). The second-order valence-corrected chi connectivity index (χ2v) is 5.88. The highest BCUT2D eigenvalue weighted by Gasteiger charge is 2.36. The Morgan fingerprint density at radius 2 is 2.00 bits per heavy atom. The SMILES string of the molecule is CC1CCCC(CN)(NC(=O)c2c(F)cc(F)cc2F)C1. The van der Waals surface area contributed by atoms with E-state index in [4.69, 9.17) is 5.73 Å². The van der Waals surface area contributed by atoms with Crippen LogP contribution in [0.3, 0.4) is 0 Å². The summed E-state index contributed by atoms with van der Waals surface area (Å²) in [5.41, 5.74) is 4.35. The summed E-state index contributed by atoms with van der Waals surface area (Å²) in [6.07, 6.45) is 3.27. The van der Waals surface area contributed by atoms with Crippen molar-refractivity contribution < 1.29 is 18.0 Å². The monoisotopic (exact) mass is 300 g/mol. The fourth-order valence-electron chi connectivity index (χ4n) is 3.07. The van der Waals surface area contributed by atoms with Gasteiger partial charge in [-0.1, -0.05) is 19.8 Å². The summed E-state index contributed by atoms with van der Waals surface area (Å²) < 4.78 is 40.2. The number of benzene rings is 1. The van der Waals surface area contributed by atoms with E-state index in [0.717, 1.165) is 12.8 Å². The molecule has 1 aliphatic carbocycles. The fraction of sp³-hybridized carbons (Fsp3) is 0.533. The molecular formula is C15H19F3N2O. The van der Waals surface area contributed by atoms with E-state index >= 15 is 0 Å². The predicted octanol–water partition coefficient (Wildman–Crippen LogP) is 2.74. The van der Waals surface area contributed by atoms with Gasteiger partial charge in [-0.3, -0.25) is 4.79 Å². The van der Waals surface area contributed by atoms with E-state index in [1.807, 2.05) is 0 Å². The molecule has 1 aromatic carbocycles. The zero-order valence-corrected chi connectivity index (χ0v) is 11.9. The Morgan fingerprint density at radius 1 is 1.38 bits per heavy atom. The molecule has 1 amide bonds. The smallest absolute Gasteiger partial charge is 0.257 e. The minimum Gasteiger partial charge on any atom is -0.345 e. The summed E-state index contributed by atoms with van der Waals surface area (Å²) in [6, 6.07) is 0.993. The third-order valence-electron chi connectivity index (χ3n) is 4.09. The lowest BCUT2D eigenvalue weighted by Crippen LogP contribution is -2.56. The largest absolute Gasteiger partial charge is 0.345 e. The van der Waals surface area contributed by atoms with Gasteiger partial charge in [-0.05, 0) is 18.8 Å². The highest BCUT2D eigenvalue weighted by atomic mass is 19.1. The third kappa shape index (κ3) is 3.37. The maximum Gasteiger partial charge on any atom is 0.257 e. The second kappa shape index (κ2) is 6.05. The quantitative estimate of drug-likeness (QED) is 0.902. The van der Waals surface area contributed by atoms with Crippen LogP contribution in [0, 0.1) is 23.4 Å². The molecule has 3 N–H and O–H groups in total. The lowest BCUT2D eigenvalue weighted by molar-refractivity contribution is 0.0845. The molecule has 0 heterocycles. The number of amides is 1. The number of carbonyl (C=O) groups excluding carboxylic acids is 1. The minimum atomic E-state index is -1.21. The number of nitrogens with two attached hydrogens (primary N) is 1. The minimum absolute atomic E-state index is 0.202. The molecule has 1 fully saturated rings. The van der Waals surface area contributed by atoms with Crippen LogP contribution in [0.5, 0.6) is 0 Å². The van der Waals surface area contributed by atoms with Gasteiger partial charge in [-0.15, -0.1) is 0 Å². The van der Waals surface area contributed by atoms with Crippen molar-refractivity contribution in [2.45, 2.75) is 38.1 Å². The van der Waals surface area contributed by atoms with Gasteiger partial charge in [0.15, 0.2) is 0 Å². The summed E-state index contributed by atoms with van der Waals surface area (Å²) in [5.74, 6) is -3.97. The summed E-state index contributed by atoms with van der Waals surface area (Å²) in [6.45, 7) is 2.25. The zero-order chi connectivity index (χ0) is 15.6. The summed E-state index contributed by atoms with van der Waals surface area (Å²) in [5, 5.41) is 2.66. The van der Waals surface area contributed by atoms with Gasteiger partial charge >= 0.3 is 0 Å². The molecule has 0 bridgehead atoms. The van der Waals surface area contributed by atoms with Crippen LogP contribution < -0.4 is 11.1 Å². The first-order chi connectivity index (χ1) is 9.87. The van der Waals surface area contributed by atoms with Crippen LogP contribution in [-0.2, 0) is 0 Å². The van der Waals surface area contributed by atoms with E-state index < -0.39 is 34.5 Å². The second-order valence-electron chi connectivity index (χ2n) is 5.88. The molecule has 6 heteroatoms. The van der Waals surface area contributed by atoms with E-state index in [9.17, 15) is 18.0 Å². The first kappa shape index (κ1) is 15.8. The van der Waals surface area contributed by atoms with Crippen LogP contribution >= 0.6 is 0 Å². The van der Waals surface area contributed by atoms with Gasteiger partial charge in [0.2, 0.25) is 0 Å². The molecular weight excluding hydrogens is 281 g/mol. The van der Waals surface area contributed by atoms with Crippen LogP contribution in [0.15, 0.2) is 12.1 Å². The lowest BCUT2D eigenvalue weighted by Gasteiger charge is -2.40. The molecule has 2 atom stereocenters. The van der Waals surface area contributed by atoms with Crippen molar-refractivity contribution >= 4 is 5.91 Å². The van der Waals surface area contributed by atoms with Crippen molar-refractivity contribution in [3.63, 3.8) is 0 Å². The molecule has 1 saturated carbocycles. The summed E-state index contributed by atoms with van der Waals surface area (Å²) in [7, 11) is 0. The van der Waals surface area contributed by atoms with Crippen LogP contribution in [0.1, 0.15) is 43.0 Å². The van der Waals surface area contributed by atoms with E-state index in [0.29, 0.717) is 30.9 Å². The predicted molar refractivity (Wildman–Crippen MR) is 73.2 cm³/mol. The van der Waals surface area contributed by atoms with Crippen molar-refractivity contribution in [3.8, 4) is 0 Å². The van der Waals surface area contributed by atoms with Crippen molar-refractivity contribution in [1.29, 1.82) is 0 Å². The van der Waals surface area contributed by atoms with E-state index in [1.54, 1.807) is 0 Å². The Bertz CT molecular complexity index is 527. The van der Waals surface area contributed by atoms with Gasteiger partial charge < -0.3 is 11.1 Å². The molecule has 0 spiro atoms. The molecule has 0 radical (unpaired) electrons. The van der Waals surface area contributed by atoms with Gasteiger partial charge in [-0.25, -0.2) is 13.2 Å². The molecule has 2 rings (SSSR count). The molecule has 116 valence electrons. The number of rotatable bonds is 3. The van der Waals surface area contributed by atoms with E-state index in [2.05, 4.69) is 12.2 Å². The van der Waals surface area contributed by atoms with Crippen LogP contribution in [-0.4, -0.2) is 18.0 Å². The van der Waals surface area contributed by atoms with Gasteiger partial charge in [0.05, 0.1) is 5.54 Å². The number of nitrogens with one attached hydrogen (secondary N) is 1. The van der Waals surface area contributed by atoms with Crippen molar-refractivity contribution in [2.24, 2.45) is 11.7 Å². The van der Waals surface area contributed by atoms with E-state index in [1.165, 1.54) is 0 Å². The van der Waals surface area contributed by atoms with Crippen molar-refractivity contribution in [1.82, 2.24) is 5.32 Å². The number of carbonyl (C=O) groups is 1. The first-order valence-corrected chi connectivity index (χ1v) is 7.04. The lowest BCUT2D eigenvalue weighted by atomic mass is 9.76. The molecule has 1 aromatic rings. The molecule has 21 heavy (non-hydrogen) atoms. The van der Waals surface area contributed by atoms with E-state index in [-0.39, 0.29) is 6.54 Å². The van der Waals surface area contributed by atoms with Gasteiger partial charge in [-0.2, -0.15) is 0 Å². The van der Waals surface area contributed by atoms with Crippen molar-refractivity contribution in [2.75, 3.05) is 6.54 Å². The average Bonchev–Trinajstić information content (AvgIpc) is 2.37. The highest BCUT2D eigenvalue weighted by molar-refractivity contribution is 5.95.